The van der Waals surface area contributed by atoms with E-state index >= 15 is 0 Å². The molecule has 0 saturated carbocycles. The van der Waals surface area contributed by atoms with Gasteiger partial charge >= 0.3 is 0 Å². The predicted octanol–water partition coefficient (Wildman–Crippen LogP) is 2.83. The topological polar surface area (TPSA) is 70.7 Å². The molecule has 150 valence electrons. The van der Waals surface area contributed by atoms with E-state index in [4.69, 9.17) is 4.74 Å². The van der Waals surface area contributed by atoms with E-state index in [-0.39, 0.29) is 36.4 Å². The van der Waals surface area contributed by atoms with Crippen LogP contribution in [0.1, 0.15) is 49.4 Å². The maximum atomic E-state index is 13.1. The molecule has 1 atom stereocenters. The Bertz CT molecular complexity index is 629. The van der Waals surface area contributed by atoms with Crippen LogP contribution in [0.3, 0.4) is 0 Å². The van der Waals surface area contributed by atoms with Crippen LogP contribution in [0.15, 0.2) is 24.3 Å². The number of hydrogen-bond acceptors (Lipinski definition) is 4. The Kier molecular flexibility index (Phi) is 8.54. The quantitative estimate of drug-likeness (QED) is 0.777. The fourth-order valence-electron chi connectivity index (χ4n) is 3.71. The monoisotopic (exact) mass is 395 g/mol. The maximum Gasteiger partial charge on any atom is 0.254 e. The average Bonchev–Trinajstić information content (AvgIpc) is 3.21. The van der Waals surface area contributed by atoms with Crippen LogP contribution in [0.5, 0.6) is 0 Å². The van der Waals surface area contributed by atoms with Crippen LogP contribution in [0.4, 0.5) is 5.69 Å². The van der Waals surface area contributed by atoms with Gasteiger partial charge in [0.15, 0.2) is 0 Å². The molecule has 1 unspecified atom stereocenters. The second-order valence-corrected chi connectivity index (χ2v) is 7.05. The van der Waals surface area contributed by atoms with Gasteiger partial charge in [0, 0.05) is 30.4 Å². The number of benzene rings is 1. The number of rotatable bonds is 6. The first-order chi connectivity index (χ1) is 12.7. The number of nitrogens with zero attached hydrogens (tertiary/aromatic N) is 1. The number of anilines is 1. The third kappa shape index (κ3) is 5.67. The van der Waals surface area contributed by atoms with Gasteiger partial charge in [0.05, 0.1) is 0 Å². The Hall–Kier alpha value is -1.63. The molecule has 2 saturated heterocycles. The number of halogens is 1. The van der Waals surface area contributed by atoms with Crippen molar-refractivity contribution in [1.29, 1.82) is 0 Å². The Morgan fingerprint density at radius 1 is 1.26 bits per heavy atom. The summed E-state index contributed by atoms with van der Waals surface area (Å²) in [5.74, 6) is -0.0807. The SMILES string of the molecule is CCCN(C(=O)c1cccc(NC(=O)C2CCCO2)c1)C1CCNCC1.Cl. The highest BCUT2D eigenvalue weighted by Crippen LogP contribution is 2.20. The van der Waals surface area contributed by atoms with E-state index in [1.54, 1.807) is 6.07 Å². The molecule has 6 nitrogen and oxygen atoms in total. The van der Waals surface area contributed by atoms with Crippen molar-refractivity contribution in [3.8, 4) is 0 Å². The van der Waals surface area contributed by atoms with E-state index in [1.165, 1.54) is 0 Å². The van der Waals surface area contributed by atoms with Gasteiger partial charge in [-0.1, -0.05) is 13.0 Å². The van der Waals surface area contributed by atoms with E-state index in [0.29, 0.717) is 17.9 Å². The van der Waals surface area contributed by atoms with Crippen LogP contribution < -0.4 is 10.6 Å². The van der Waals surface area contributed by atoms with Crippen LogP contribution in [-0.4, -0.2) is 55.1 Å². The van der Waals surface area contributed by atoms with E-state index in [9.17, 15) is 9.59 Å². The number of ether oxygens (including phenoxy) is 1. The number of piperidine rings is 1. The molecule has 2 fully saturated rings. The fraction of sp³-hybridized carbons (Fsp3) is 0.600. The minimum absolute atomic E-state index is 0. The molecule has 2 N–H and O–H groups in total. The lowest BCUT2D eigenvalue weighted by Gasteiger charge is -2.34. The Morgan fingerprint density at radius 2 is 2.04 bits per heavy atom. The lowest BCUT2D eigenvalue weighted by Crippen LogP contribution is -2.46. The molecule has 1 aromatic rings. The Labute approximate surface area is 167 Å². The van der Waals surface area contributed by atoms with Gasteiger partial charge in [-0.05, 0) is 63.4 Å². The van der Waals surface area contributed by atoms with E-state index < -0.39 is 0 Å². The van der Waals surface area contributed by atoms with E-state index in [2.05, 4.69) is 17.6 Å². The van der Waals surface area contributed by atoms with Crippen molar-refractivity contribution in [1.82, 2.24) is 10.2 Å². The summed E-state index contributed by atoms with van der Waals surface area (Å²) in [7, 11) is 0. The summed E-state index contributed by atoms with van der Waals surface area (Å²) in [6, 6.07) is 7.53. The van der Waals surface area contributed by atoms with Crippen molar-refractivity contribution in [2.24, 2.45) is 0 Å². The zero-order valence-corrected chi connectivity index (χ0v) is 16.7. The summed E-state index contributed by atoms with van der Waals surface area (Å²) >= 11 is 0. The molecular formula is C20H30ClN3O3. The van der Waals surface area contributed by atoms with Crippen molar-refractivity contribution >= 4 is 29.9 Å². The molecule has 7 heteroatoms. The second kappa shape index (κ2) is 10.6. The lowest BCUT2D eigenvalue weighted by molar-refractivity contribution is -0.124. The van der Waals surface area contributed by atoms with Crippen LogP contribution in [0.25, 0.3) is 0 Å². The van der Waals surface area contributed by atoms with Gasteiger partial charge in [-0.15, -0.1) is 12.4 Å². The molecule has 27 heavy (non-hydrogen) atoms. The van der Waals surface area contributed by atoms with Gasteiger partial charge in [0.2, 0.25) is 0 Å². The second-order valence-electron chi connectivity index (χ2n) is 7.05. The zero-order chi connectivity index (χ0) is 18.4. The van der Waals surface area contributed by atoms with Crippen molar-refractivity contribution in [2.45, 2.75) is 51.2 Å². The van der Waals surface area contributed by atoms with Crippen molar-refractivity contribution in [3.63, 3.8) is 0 Å². The molecule has 0 bridgehead atoms. The number of nitrogens with one attached hydrogen (secondary N) is 2. The lowest BCUT2D eigenvalue weighted by atomic mass is 10.0. The molecule has 2 aliphatic heterocycles. The van der Waals surface area contributed by atoms with Gasteiger partial charge in [0.25, 0.3) is 11.8 Å². The van der Waals surface area contributed by atoms with E-state index in [0.717, 1.165) is 51.7 Å². The number of carbonyl (C=O) groups is 2. The molecule has 2 heterocycles. The third-order valence-corrected chi connectivity index (χ3v) is 5.07. The minimum atomic E-state index is -0.374. The standard InChI is InChI=1S/C20H29N3O3.ClH/c1-2-12-23(17-8-10-21-11-9-17)20(25)15-5-3-6-16(14-15)22-19(24)18-7-4-13-26-18;/h3,5-6,14,17-18,21H,2,4,7-13H2,1H3,(H,22,24);1H. The molecule has 3 rings (SSSR count). The Morgan fingerprint density at radius 3 is 2.70 bits per heavy atom. The Balaban J connectivity index is 0.00000261. The number of hydrogen-bond donors (Lipinski definition) is 2. The molecule has 0 aliphatic carbocycles. The van der Waals surface area contributed by atoms with Gasteiger partial charge in [-0.2, -0.15) is 0 Å². The molecular weight excluding hydrogens is 366 g/mol. The van der Waals surface area contributed by atoms with Gasteiger partial charge in [-0.25, -0.2) is 0 Å². The van der Waals surface area contributed by atoms with Crippen LogP contribution in [-0.2, 0) is 9.53 Å². The van der Waals surface area contributed by atoms with E-state index in [1.807, 2.05) is 23.1 Å². The highest BCUT2D eigenvalue weighted by molar-refractivity contribution is 5.98. The minimum Gasteiger partial charge on any atom is -0.368 e. The van der Waals surface area contributed by atoms with Crippen molar-refractivity contribution < 1.29 is 14.3 Å². The summed E-state index contributed by atoms with van der Waals surface area (Å²) in [6.07, 6.45) is 4.21. The smallest absolute Gasteiger partial charge is 0.254 e. The average molecular weight is 396 g/mol. The predicted molar refractivity (Wildman–Crippen MR) is 109 cm³/mol. The summed E-state index contributed by atoms with van der Waals surface area (Å²) in [5, 5.41) is 6.24. The summed E-state index contributed by atoms with van der Waals surface area (Å²) in [5.41, 5.74) is 1.28. The van der Waals surface area contributed by atoms with Gasteiger partial charge in [0.1, 0.15) is 6.10 Å². The summed E-state index contributed by atoms with van der Waals surface area (Å²) in [6.45, 7) is 5.40. The largest absolute Gasteiger partial charge is 0.368 e. The highest BCUT2D eigenvalue weighted by atomic mass is 35.5. The molecule has 0 aromatic heterocycles. The normalized spacial score (nSPS) is 20.0. The van der Waals surface area contributed by atoms with Crippen LogP contribution >= 0.6 is 12.4 Å². The van der Waals surface area contributed by atoms with Crippen LogP contribution in [0, 0.1) is 0 Å². The third-order valence-electron chi connectivity index (χ3n) is 5.07. The number of carbonyl (C=O) groups excluding carboxylic acids is 2. The molecule has 2 aliphatic rings. The highest BCUT2D eigenvalue weighted by Gasteiger charge is 2.26. The molecule has 0 spiro atoms. The molecule has 0 radical (unpaired) electrons. The van der Waals surface area contributed by atoms with Gasteiger partial charge in [-0.3, -0.25) is 9.59 Å². The van der Waals surface area contributed by atoms with Crippen molar-refractivity contribution in [3.05, 3.63) is 29.8 Å². The molecule has 2 amide bonds. The number of amides is 2. The van der Waals surface area contributed by atoms with Crippen LogP contribution in [0.2, 0.25) is 0 Å². The first-order valence-electron chi connectivity index (χ1n) is 9.73. The summed E-state index contributed by atoms with van der Waals surface area (Å²) in [4.78, 5) is 27.3. The first kappa shape index (κ1) is 21.7. The van der Waals surface area contributed by atoms with Crippen molar-refractivity contribution in [2.75, 3.05) is 31.6 Å². The first-order valence-corrected chi connectivity index (χ1v) is 9.73. The fourth-order valence-corrected chi connectivity index (χ4v) is 3.71. The molecule has 1 aromatic carbocycles. The summed E-state index contributed by atoms with van der Waals surface area (Å²) < 4.78 is 5.42. The maximum absolute atomic E-state index is 13.1. The zero-order valence-electron chi connectivity index (χ0n) is 15.9. The van der Waals surface area contributed by atoms with Gasteiger partial charge < -0.3 is 20.3 Å².